The molecule has 0 atom stereocenters. The minimum absolute atomic E-state index is 0.0314. The molecule has 0 saturated heterocycles. The molecule has 0 amide bonds. The molecule has 0 aliphatic rings. The minimum atomic E-state index is -0.726. The molecule has 0 aliphatic carbocycles. The summed E-state index contributed by atoms with van der Waals surface area (Å²) in [4.78, 5) is 4.44. The molecule has 30 heavy (non-hydrogen) atoms. The van der Waals surface area contributed by atoms with Gasteiger partial charge in [-0.15, -0.1) is 0 Å². The molecule has 3 aromatic carbocycles. The molecule has 0 spiro atoms. The van der Waals surface area contributed by atoms with Crippen molar-refractivity contribution in [2.45, 2.75) is 6.61 Å². The number of aromatic nitrogens is 1. The first-order valence-corrected chi connectivity index (χ1v) is 9.22. The molecule has 5 nitrogen and oxygen atoms in total. The highest BCUT2D eigenvalue weighted by molar-refractivity contribution is 5.64. The summed E-state index contributed by atoms with van der Waals surface area (Å²) in [5.74, 6) is -0.315. The summed E-state index contributed by atoms with van der Waals surface area (Å²) in [6.45, 7) is 0.322. The third kappa shape index (κ3) is 4.50. The Balaban J connectivity index is 1.55. The molecule has 0 saturated carbocycles. The molecule has 0 aliphatic heterocycles. The second-order valence-corrected chi connectivity index (χ2v) is 6.53. The molecule has 2 N–H and O–H groups in total. The van der Waals surface area contributed by atoms with Crippen molar-refractivity contribution in [2.24, 2.45) is 0 Å². The Morgan fingerprint density at radius 1 is 0.800 bits per heavy atom. The zero-order valence-electron chi connectivity index (χ0n) is 15.8. The lowest BCUT2D eigenvalue weighted by atomic mass is 10.1. The number of hydrogen-bond donors (Lipinski definition) is 2. The van der Waals surface area contributed by atoms with E-state index in [4.69, 9.17) is 9.47 Å². The summed E-state index contributed by atoms with van der Waals surface area (Å²) >= 11 is 0. The summed E-state index contributed by atoms with van der Waals surface area (Å²) in [6, 6.07) is 23.5. The van der Waals surface area contributed by atoms with Crippen LogP contribution in [0.15, 0.2) is 84.9 Å². The number of rotatable bonds is 6. The van der Waals surface area contributed by atoms with Crippen molar-refractivity contribution in [3.05, 3.63) is 96.3 Å². The summed E-state index contributed by atoms with van der Waals surface area (Å²) in [6.07, 6.45) is 0. The largest absolute Gasteiger partial charge is 0.505 e. The van der Waals surface area contributed by atoms with Crippen molar-refractivity contribution in [2.75, 3.05) is 0 Å². The Morgan fingerprint density at radius 2 is 1.63 bits per heavy atom. The molecule has 1 heterocycles. The first-order chi connectivity index (χ1) is 14.6. The van der Waals surface area contributed by atoms with Crippen LogP contribution >= 0.6 is 0 Å². The average Bonchev–Trinajstić information content (AvgIpc) is 2.77. The van der Waals surface area contributed by atoms with Crippen molar-refractivity contribution in [3.63, 3.8) is 0 Å². The number of pyridine rings is 1. The molecule has 4 aromatic rings. The van der Waals surface area contributed by atoms with E-state index in [1.54, 1.807) is 36.4 Å². The van der Waals surface area contributed by atoms with Crippen LogP contribution in [0.1, 0.15) is 5.56 Å². The average molecular weight is 403 g/mol. The molecule has 0 bridgehead atoms. The lowest BCUT2D eigenvalue weighted by Gasteiger charge is -2.11. The van der Waals surface area contributed by atoms with Crippen LogP contribution in [0.5, 0.6) is 28.9 Å². The van der Waals surface area contributed by atoms with Crippen LogP contribution in [-0.2, 0) is 6.61 Å². The Hall–Kier alpha value is -4.06. The van der Waals surface area contributed by atoms with Crippen LogP contribution in [0, 0.1) is 5.82 Å². The van der Waals surface area contributed by atoms with Crippen molar-refractivity contribution in [1.29, 1.82) is 0 Å². The van der Waals surface area contributed by atoms with Crippen molar-refractivity contribution in [1.82, 2.24) is 4.98 Å². The molecular formula is C24H18FNO4. The third-order valence-electron chi connectivity index (χ3n) is 4.36. The maximum Gasteiger partial charge on any atom is 0.219 e. The van der Waals surface area contributed by atoms with Gasteiger partial charge in [-0.3, -0.25) is 0 Å². The van der Waals surface area contributed by atoms with Crippen LogP contribution in [0.25, 0.3) is 11.3 Å². The van der Waals surface area contributed by atoms with E-state index in [1.807, 2.05) is 30.3 Å². The predicted molar refractivity (Wildman–Crippen MR) is 110 cm³/mol. The van der Waals surface area contributed by atoms with Crippen molar-refractivity contribution in [3.8, 4) is 40.1 Å². The van der Waals surface area contributed by atoms with Gasteiger partial charge in [-0.2, -0.15) is 0 Å². The van der Waals surface area contributed by atoms with E-state index >= 15 is 0 Å². The van der Waals surface area contributed by atoms with E-state index < -0.39 is 11.6 Å². The molecule has 0 unspecified atom stereocenters. The number of benzene rings is 3. The Morgan fingerprint density at radius 3 is 2.43 bits per heavy atom. The number of nitrogens with zero attached hydrogens (tertiary/aromatic N) is 1. The van der Waals surface area contributed by atoms with Gasteiger partial charge in [-0.25, -0.2) is 9.37 Å². The minimum Gasteiger partial charge on any atom is -0.505 e. The highest BCUT2D eigenvalue weighted by atomic mass is 19.1. The van der Waals surface area contributed by atoms with E-state index in [0.717, 1.165) is 17.2 Å². The maximum absolute atomic E-state index is 13.2. The molecule has 1 aromatic heterocycles. The first-order valence-electron chi connectivity index (χ1n) is 9.22. The number of phenolic OH excluding ortho intramolecular Hbond substituents is 2. The van der Waals surface area contributed by atoms with Crippen LogP contribution < -0.4 is 9.47 Å². The van der Waals surface area contributed by atoms with Crippen molar-refractivity contribution < 1.29 is 24.1 Å². The molecule has 0 radical (unpaired) electrons. The summed E-state index contributed by atoms with van der Waals surface area (Å²) < 4.78 is 24.6. The van der Waals surface area contributed by atoms with E-state index in [0.29, 0.717) is 18.1 Å². The lowest BCUT2D eigenvalue weighted by Crippen LogP contribution is -1.96. The monoisotopic (exact) mass is 403 g/mol. The van der Waals surface area contributed by atoms with E-state index in [-0.39, 0.29) is 17.4 Å². The first kappa shape index (κ1) is 19.3. The van der Waals surface area contributed by atoms with E-state index in [2.05, 4.69) is 4.98 Å². The van der Waals surface area contributed by atoms with Gasteiger partial charge in [0.2, 0.25) is 5.88 Å². The second kappa shape index (κ2) is 8.53. The zero-order chi connectivity index (χ0) is 20.9. The summed E-state index contributed by atoms with van der Waals surface area (Å²) in [5, 5.41) is 19.6. The number of hydrogen-bond acceptors (Lipinski definition) is 5. The van der Waals surface area contributed by atoms with E-state index in [9.17, 15) is 14.6 Å². The van der Waals surface area contributed by atoms with Gasteiger partial charge in [0.05, 0.1) is 5.69 Å². The van der Waals surface area contributed by atoms with Crippen LogP contribution in [0.3, 0.4) is 0 Å². The molecule has 150 valence electrons. The zero-order valence-corrected chi connectivity index (χ0v) is 15.8. The van der Waals surface area contributed by atoms with Gasteiger partial charge in [0.15, 0.2) is 23.1 Å². The highest BCUT2D eigenvalue weighted by Crippen LogP contribution is 2.33. The van der Waals surface area contributed by atoms with E-state index in [1.165, 1.54) is 12.1 Å². The standard InChI is InChI=1S/C24H18FNO4/c25-19-11-10-18(14-22(19)28)30-24-8-4-7-20(26-24)17-9-12-21(27)23(13-17)29-15-16-5-2-1-3-6-16/h1-14,27-28H,15H2. The highest BCUT2D eigenvalue weighted by Gasteiger charge is 2.10. The number of ether oxygens (including phenoxy) is 2. The topological polar surface area (TPSA) is 71.8 Å². The van der Waals surface area contributed by atoms with Crippen LogP contribution in [0.2, 0.25) is 0 Å². The number of halogens is 1. The third-order valence-corrected chi connectivity index (χ3v) is 4.36. The summed E-state index contributed by atoms with van der Waals surface area (Å²) in [7, 11) is 0. The van der Waals surface area contributed by atoms with Gasteiger partial charge < -0.3 is 19.7 Å². The van der Waals surface area contributed by atoms with Gasteiger partial charge in [0, 0.05) is 17.7 Å². The normalized spacial score (nSPS) is 10.6. The van der Waals surface area contributed by atoms with Gasteiger partial charge in [-0.1, -0.05) is 36.4 Å². The van der Waals surface area contributed by atoms with Crippen molar-refractivity contribution >= 4 is 0 Å². The van der Waals surface area contributed by atoms with Gasteiger partial charge >= 0.3 is 0 Å². The Bertz CT molecular complexity index is 1160. The van der Waals surface area contributed by atoms with Gasteiger partial charge in [0.1, 0.15) is 12.4 Å². The quantitative estimate of drug-likeness (QED) is 0.434. The molecule has 0 fully saturated rings. The van der Waals surface area contributed by atoms with Gasteiger partial charge in [0.25, 0.3) is 0 Å². The molecular weight excluding hydrogens is 385 g/mol. The molecule has 6 heteroatoms. The molecule has 4 rings (SSSR count). The fraction of sp³-hybridized carbons (Fsp3) is 0.0417. The smallest absolute Gasteiger partial charge is 0.219 e. The fourth-order valence-electron chi connectivity index (χ4n) is 2.83. The van der Waals surface area contributed by atoms with Crippen LogP contribution in [0.4, 0.5) is 4.39 Å². The van der Waals surface area contributed by atoms with Gasteiger partial charge in [-0.05, 0) is 42.0 Å². The Kier molecular flexibility index (Phi) is 5.48. The van der Waals surface area contributed by atoms with Crippen LogP contribution in [-0.4, -0.2) is 15.2 Å². The second-order valence-electron chi connectivity index (χ2n) is 6.53. The predicted octanol–water partition coefficient (Wildman–Crippen LogP) is 5.67. The maximum atomic E-state index is 13.2. The SMILES string of the molecule is Oc1cc(Oc2cccc(-c3ccc(O)c(OCc4ccccc4)c3)n2)ccc1F. The number of phenols is 2. The fourth-order valence-corrected chi connectivity index (χ4v) is 2.83. The Labute approximate surface area is 172 Å². The lowest BCUT2D eigenvalue weighted by molar-refractivity contribution is 0.289. The summed E-state index contributed by atoms with van der Waals surface area (Å²) in [5.41, 5.74) is 2.31. The number of aromatic hydroxyl groups is 2.